The molecule has 0 spiro atoms. The van der Waals surface area contributed by atoms with E-state index < -0.39 is 0 Å². The molecule has 0 unspecified atom stereocenters. The summed E-state index contributed by atoms with van der Waals surface area (Å²) in [5.41, 5.74) is 1.91. The number of hydrogen-bond acceptors (Lipinski definition) is 4. The third-order valence-electron chi connectivity index (χ3n) is 3.40. The summed E-state index contributed by atoms with van der Waals surface area (Å²) in [4.78, 5) is 12.6. The van der Waals surface area contributed by atoms with Crippen LogP contribution < -0.4 is 19.5 Å². The molecule has 0 aliphatic rings. The van der Waals surface area contributed by atoms with E-state index in [1.807, 2.05) is 32.0 Å². The Morgan fingerprint density at radius 3 is 2.39 bits per heavy atom. The summed E-state index contributed by atoms with van der Waals surface area (Å²) in [6.45, 7) is 4.31. The summed E-state index contributed by atoms with van der Waals surface area (Å²) >= 11 is 0. The lowest BCUT2D eigenvalue weighted by molar-refractivity contribution is 0.102. The maximum atomic E-state index is 12.6. The first-order chi connectivity index (χ1) is 11.1. The minimum atomic E-state index is -0.285. The third-order valence-corrected chi connectivity index (χ3v) is 3.40. The maximum Gasteiger partial charge on any atom is 0.259 e. The largest absolute Gasteiger partial charge is 0.496 e. The molecule has 2 rings (SSSR count). The number of para-hydroxylation sites is 2. The van der Waals surface area contributed by atoms with Gasteiger partial charge in [0.05, 0.1) is 32.1 Å². The van der Waals surface area contributed by atoms with Crippen molar-refractivity contribution in [2.45, 2.75) is 13.8 Å². The number of hydrogen-bond donors (Lipinski definition) is 1. The van der Waals surface area contributed by atoms with Gasteiger partial charge in [-0.3, -0.25) is 4.79 Å². The molecule has 0 heterocycles. The number of amides is 1. The first-order valence-corrected chi connectivity index (χ1v) is 7.36. The molecule has 0 aliphatic heterocycles. The summed E-state index contributed by atoms with van der Waals surface area (Å²) in [7, 11) is 3.10. The van der Waals surface area contributed by atoms with Gasteiger partial charge in [-0.05, 0) is 43.7 Å². The van der Waals surface area contributed by atoms with E-state index >= 15 is 0 Å². The highest BCUT2D eigenvalue weighted by molar-refractivity contribution is 6.07. The normalized spacial score (nSPS) is 10.1. The average molecular weight is 315 g/mol. The van der Waals surface area contributed by atoms with Gasteiger partial charge in [0.25, 0.3) is 5.91 Å². The fourth-order valence-electron chi connectivity index (χ4n) is 2.27. The molecule has 0 saturated heterocycles. The van der Waals surface area contributed by atoms with Gasteiger partial charge < -0.3 is 19.5 Å². The SMILES string of the molecule is CCOc1ccccc1NC(=O)c1cc(OC)c(C)cc1OC. The number of anilines is 1. The maximum absolute atomic E-state index is 12.6. The molecule has 1 N–H and O–H groups in total. The van der Waals surface area contributed by atoms with Crippen molar-refractivity contribution in [2.75, 3.05) is 26.1 Å². The van der Waals surface area contributed by atoms with Crippen LogP contribution in [-0.4, -0.2) is 26.7 Å². The molecule has 2 aromatic carbocycles. The van der Waals surface area contributed by atoms with Crippen LogP contribution in [0.5, 0.6) is 17.2 Å². The number of benzene rings is 2. The quantitative estimate of drug-likeness (QED) is 0.884. The minimum Gasteiger partial charge on any atom is -0.496 e. The molecule has 5 nitrogen and oxygen atoms in total. The number of ether oxygens (including phenoxy) is 3. The smallest absolute Gasteiger partial charge is 0.259 e. The van der Waals surface area contributed by atoms with E-state index in [1.54, 1.807) is 25.3 Å². The Morgan fingerprint density at radius 2 is 1.74 bits per heavy atom. The zero-order chi connectivity index (χ0) is 16.8. The predicted molar refractivity (Wildman–Crippen MR) is 89.8 cm³/mol. The van der Waals surface area contributed by atoms with Crippen molar-refractivity contribution in [1.82, 2.24) is 0 Å². The van der Waals surface area contributed by atoms with Gasteiger partial charge in [0.15, 0.2) is 0 Å². The molecule has 0 aliphatic carbocycles. The number of carbonyl (C=O) groups excluding carboxylic acids is 1. The topological polar surface area (TPSA) is 56.8 Å². The second-order valence-corrected chi connectivity index (χ2v) is 4.91. The van der Waals surface area contributed by atoms with E-state index in [9.17, 15) is 4.79 Å². The molecule has 122 valence electrons. The second-order valence-electron chi connectivity index (χ2n) is 4.91. The van der Waals surface area contributed by atoms with E-state index in [1.165, 1.54) is 7.11 Å². The van der Waals surface area contributed by atoms with E-state index in [2.05, 4.69) is 5.32 Å². The summed E-state index contributed by atoms with van der Waals surface area (Å²) < 4.78 is 16.1. The van der Waals surface area contributed by atoms with E-state index in [0.29, 0.717) is 35.1 Å². The van der Waals surface area contributed by atoms with Crippen molar-refractivity contribution >= 4 is 11.6 Å². The lowest BCUT2D eigenvalue weighted by atomic mass is 10.1. The Bertz CT molecular complexity index is 697. The zero-order valence-electron chi connectivity index (χ0n) is 13.8. The highest BCUT2D eigenvalue weighted by Crippen LogP contribution is 2.30. The van der Waals surface area contributed by atoms with Crippen LogP contribution in [0, 0.1) is 6.92 Å². The van der Waals surface area contributed by atoms with Gasteiger partial charge in [-0.25, -0.2) is 0 Å². The summed E-state index contributed by atoms with van der Waals surface area (Å²) in [6.07, 6.45) is 0. The number of methoxy groups -OCH3 is 2. The van der Waals surface area contributed by atoms with Crippen molar-refractivity contribution in [2.24, 2.45) is 0 Å². The van der Waals surface area contributed by atoms with Crippen LogP contribution in [0.2, 0.25) is 0 Å². The highest BCUT2D eigenvalue weighted by atomic mass is 16.5. The van der Waals surface area contributed by atoms with E-state index in [4.69, 9.17) is 14.2 Å². The van der Waals surface area contributed by atoms with E-state index in [-0.39, 0.29) is 5.91 Å². The summed E-state index contributed by atoms with van der Waals surface area (Å²) in [5, 5.41) is 2.86. The van der Waals surface area contributed by atoms with Crippen molar-refractivity contribution < 1.29 is 19.0 Å². The number of aryl methyl sites for hydroxylation is 1. The molecule has 2 aromatic rings. The minimum absolute atomic E-state index is 0.285. The lowest BCUT2D eigenvalue weighted by Gasteiger charge is -2.14. The Balaban J connectivity index is 2.34. The molecule has 5 heteroatoms. The number of nitrogens with one attached hydrogen (secondary N) is 1. The van der Waals surface area contributed by atoms with Gasteiger partial charge in [0, 0.05) is 0 Å². The van der Waals surface area contributed by atoms with Crippen molar-refractivity contribution in [3.63, 3.8) is 0 Å². The van der Waals surface area contributed by atoms with Crippen LogP contribution in [0.15, 0.2) is 36.4 Å². The van der Waals surface area contributed by atoms with Gasteiger partial charge in [-0.2, -0.15) is 0 Å². The van der Waals surface area contributed by atoms with Crippen LogP contribution in [0.25, 0.3) is 0 Å². The molecule has 0 saturated carbocycles. The standard InChI is InChI=1S/C18H21NO4/c1-5-23-15-9-7-6-8-14(15)19-18(20)13-11-16(21-3)12(2)10-17(13)22-4/h6-11H,5H2,1-4H3,(H,19,20). The molecule has 0 atom stereocenters. The molecule has 0 bridgehead atoms. The van der Waals surface area contributed by atoms with Gasteiger partial charge in [0.2, 0.25) is 0 Å². The van der Waals surface area contributed by atoms with E-state index in [0.717, 1.165) is 5.56 Å². The van der Waals surface area contributed by atoms with Crippen LogP contribution in [-0.2, 0) is 0 Å². The molecule has 1 amide bonds. The third kappa shape index (κ3) is 3.74. The van der Waals surface area contributed by atoms with Crippen molar-refractivity contribution in [3.8, 4) is 17.2 Å². The molecule has 0 radical (unpaired) electrons. The first-order valence-electron chi connectivity index (χ1n) is 7.36. The summed E-state index contributed by atoms with van der Waals surface area (Å²) in [6, 6.07) is 10.8. The lowest BCUT2D eigenvalue weighted by Crippen LogP contribution is -2.14. The average Bonchev–Trinajstić information content (AvgIpc) is 2.56. The zero-order valence-corrected chi connectivity index (χ0v) is 13.8. The highest BCUT2D eigenvalue weighted by Gasteiger charge is 2.17. The predicted octanol–water partition coefficient (Wildman–Crippen LogP) is 3.66. The fraction of sp³-hybridized carbons (Fsp3) is 0.278. The van der Waals surface area contributed by atoms with Crippen LogP contribution >= 0.6 is 0 Å². The summed E-state index contributed by atoms with van der Waals surface area (Å²) in [5.74, 6) is 1.47. The molecule has 0 fully saturated rings. The molecule has 23 heavy (non-hydrogen) atoms. The van der Waals surface area contributed by atoms with Crippen LogP contribution in [0.3, 0.4) is 0 Å². The van der Waals surface area contributed by atoms with Crippen LogP contribution in [0.1, 0.15) is 22.8 Å². The van der Waals surface area contributed by atoms with Crippen molar-refractivity contribution in [1.29, 1.82) is 0 Å². The van der Waals surface area contributed by atoms with Gasteiger partial charge in [-0.1, -0.05) is 12.1 Å². The molecule has 0 aromatic heterocycles. The molecular formula is C18H21NO4. The number of rotatable bonds is 6. The molecular weight excluding hydrogens is 294 g/mol. The van der Waals surface area contributed by atoms with Gasteiger partial charge in [-0.15, -0.1) is 0 Å². The van der Waals surface area contributed by atoms with Crippen molar-refractivity contribution in [3.05, 3.63) is 47.5 Å². The first kappa shape index (κ1) is 16.7. The Hall–Kier alpha value is -2.69. The Labute approximate surface area is 136 Å². The monoisotopic (exact) mass is 315 g/mol. The van der Waals surface area contributed by atoms with Gasteiger partial charge in [0.1, 0.15) is 17.2 Å². The van der Waals surface area contributed by atoms with Crippen LogP contribution in [0.4, 0.5) is 5.69 Å². The van der Waals surface area contributed by atoms with Gasteiger partial charge >= 0.3 is 0 Å². The Morgan fingerprint density at radius 1 is 1.04 bits per heavy atom. The second kappa shape index (κ2) is 7.54. The number of carbonyl (C=O) groups is 1. The Kier molecular flexibility index (Phi) is 5.46. The fourth-order valence-corrected chi connectivity index (χ4v) is 2.27.